The molecule has 0 aliphatic heterocycles. The maximum atomic E-state index is 13.4. The molecule has 0 aliphatic carbocycles. The molecular formula is C12HF10O4P. The molecule has 0 fully saturated rings. The first-order valence-electron chi connectivity index (χ1n) is 6.05. The van der Waals surface area contributed by atoms with E-state index < -0.39 is 77.5 Å². The van der Waals surface area contributed by atoms with Gasteiger partial charge in [-0.05, 0) is 0 Å². The number of hydrogen-bond acceptors (Lipinski definition) is 3. The first-order valence-corrected chi connectivity index (χ1v) is 7.54. The van der Waals surface area contributed by atoms with Crippen molar-refractivity contribution < 1.29 is 62.4 Å². The molecule has 4 nitrogen and oxygen atoms in total. The summed E-state index contributed by atoms with van der Waals surface area (Å²) in [5.74, 6) is -31.8. The molecule has 0 aromatic heterocycles. The van der Waals surface area contributed by atoms with Crippen LogP contribution in [0.2, 0.25) is 0 Å². The van der Waals surface area contributed by atoms with Gasteiger partial charge in [0.25, 0.3) is 0 Å². The molecule has 0 radical (unpaired) electrons. The van der Waals surface area contributed by atoms with E-state index in [9.17, 15) is 53.4 Å². The fourth-order valence-electron chi connectivity index (χ4n) is 1.58. The van der Waals surface area contributed by atoms with Crippen LogP contribution in [0.5, 0.6) is 11.5 Å². The van der Waals surface area contributed by atoms with E-state index in [1.54, 1.807) is 0 Å². The van der Waals surface area contributed by atoms with Crippen LogP contribution >= 0.6 is 7.82 Å². The monoisotopic (exact) mass is 430 g/mol. The van der Waals surface area contributed by atoms with Crippen molar-refractivity contribution in [1.82, 2.24) is 0 Å². The highest BCUT2D eigenvalue weighted by molar-refractivity contribution is 7.48. The van der Waals surface area contributed by atoms with Gasteiger partial charge in [0.1, 0.15) is 0 Å². The van der Waals surface area contributed by atoms with Gasteiger partial charge >= 0.3 is 7.82 Å². The first-order chi connectivity index (χ1) is 12.3. The number of phosphoric acid groups is 1. The summed E-state index contributed by atoms with van der Waals surface area (Å²) in [6.45, 7) is 0. The number of rotatable bonds is 4. The Morgan fingerprint density at radius 2 is 0.667 bits per heavy atom. The van der Waals surface area contributed by atoms with Gasteiger partial charge in [-0.1, -0.05) is 0 Å². The summed E-state index contributed by atoms with van der Waals surface area (Å²) < 4.78 is 150. The van der Waals surface area contributed by atoms with Crippen molar-refractivity contribution in [2.75, 3.05) is 0 Å². The second-order valence-corrected chi connectivity index (χ2v) is 5.75. The minimum atomic E-state index is -6.23. The molecule has 0 saturated heterocycles. The Labute approximate surface area is 141 Å². The molecule has 148 valence electrons. The van der Waals surface area contributed by atoms with Gasteiger partial charge < -0.3 is 9.05 Å². The Morgan fingerprint density at radius 1 is 0.481 bits per heavy atom. The third-order valence-corrected chi connectivity index (χ3v) is 3.58. The van der Waals surface area contributed by atoms with Crippen LogP contribution in [0.4, 0.5) is 43.9 Å². The van der Waals surface area contributed by atoms with Gasteiger partial charge in [-0.15, -0.1) is 0 Å². The SMILES string of the molecule is O=P(O)(Oc1c(F)c(F)c(F)c(F)c1F)Oc1c(F)c(F)c(F)c(F)c1F. The number of hydrogen-bond donors (Lipinski definition) is 1. The second-order valence-electron chi connectivity index (χ2n) is 4.45. The normalized spacial score (nSPS) is 11.7. The molecule has 0 heterocycles. The van der Waals surface area contributed by atoms with Gasteiger partial charge in [0.05, 0.1) is 0 Å². The molecule has 27 heavy (non-hydrogen) atoms. The molecule has 0 saturated carbocycles. The summed E-state index contributed by atoms with van der Waals surface area (Å²) in [6.07, 6.45) is 0. The Bertz CT molecular complexity index is 862. The maximum absolute atomic E-state index is 13.4. The highest BCUT2D eigenvalue weighted by Gasteiger charge is 2.37. The zero-order chi connectivity index (χ0) is 20.8. The summed E-state index contributed by atoms with van der Waals surface area (Å²) in [7, 11) is -6.23. The molecule has 0 spiro atoms. The Kier molecular flexibility index (Phi) is 5.34. The fourth-order valence-corrected chi connectivity index (χ4v) is 2.40. The topological polar surface area (TPSA) is 55.8 Å². The minimum Gasteiger partial charge on any atom is -0.389 e. The van der Waals surface area contributed by atoms with Crippen molar-refractivity contribution in [3.63, 3.8) is 0 Å². The van der Waals surface area contributed by atoms with E-state index in [2.05, 4.69) is 9.05 Å². The van der Waals surface area contributed by atoms with E-state index in [0.29, 0.717) is 0 Å². The quantitative estimate of drug-likeness (QED) is 0.333. The molecule has 2 aromatic carbocycles. The molecule has 0 aliphatic rings. The zero-order valence-corrected chi connectivity index (χ0v) is 12.8. The van der Waals surface area contributed by atoms with Crippen LogP contribution in [0.1, 0.15) is 0 Å². The molecule has 0 atom stereocenters. The summed E-state index contributed by atoms with van der Waals surface area (Å²) >= 11 is 0. The van der Waals surface area contributed by atoms with Crippen LogP contribution in [0.3, 0.4) is 0 Å². The predicted molar refractivity (Wildman–Crippen MR) is 63.5 cm³/mol. The van der Waals surface area contributed by atoms with Crippen LogP contribution in [-0.2, 0) is 4.57 Å². The van der Waals surface area contributed by atoms with E-state index in [4.69, 9.17) is 0 Å². The molecule has 2 rings (SSSR count). The number of benzene rings is 2. The van der Waals surface area contributed by atoms with E-state index in [-0.39, 0.29) is 0 Å². The zero-order valence-electron chi connectivity index (χ0n) is 11.9. The molecule has 1 N–H and O–H groups in total. The minimum absolute atomic E-state index is 2.40. The van der Waals surface area contributed by atoms with Crippen LogP contribution in [0.15, 0.2) is 0 Å². The van der Waals surface area contributed by atoms with Crippen molar-refractivity contribution in [2.24, 2.45) is 0 Å². The average molecular weight is 430 g/mol. The lowest BCUT2D eigenvalue weighted by atomic mass is 10.3. The van der Waals surface area contributed by atoms with Crippen molar-refractivity contribution in [3.05, 3.63) is 58.2 Å². The Balaban J connectivity index is 2.51. The third-order valence-electron chi connectivity index (χ3n) is 2.75. The molecule has 0 unspecified atom stereocenters. The van der Waals surface area contributed by atoms with Crippen molar-refractivity contribution in [1.29, 1.82) is 0 Å². The molecule has 2 aromatic rings. The summed E-state index contributed by atoms with van der Waals surface area (Å²) in [6, 6.07) is 0. The van der Waals surface area contributed by atoms with Gasteiger partial charge in [-0.2, -0.15) is 17.6 Å². The van der Waals surface area contributed by atoms with E-state index >= 15 is 0 Å². The largest absolute Gasteiger partial charge is 0.585 e. The van der Waals surface area contributed by atoms with E-state index in [0.717, 1.165) is 0 Å². The summed E-state index contributed by atoms with van der Waals surface area (Å²) in [5.41, 5.74) is 0. The van der Waals surface area contributed by atoms with Crippen LogP contribution in [0, 0.1) is 58.2 Å². The number of phosphoric ester groups is 1. The lowest BCUT2D eigenvalue weighted by molar-refractivity contribution is 0.255. The van der Waals surface area contributed by atoms with Gasteiger partial charge in [-0.25, -0.2) is 30.9 Å². The van der Waals surface area contributed by atoms with Gasteiger partial charge in [0, 0.05) is 0 Å². The van der Waals surface area contributed by atoms with E-state index in [1.807, 2.05) is 0 Å². The summed E-state index contributed by atoms with van der Waals surface area (Å²) in [5, 5.41) is 0. The van der Waals surface area contributed by atoms with Gasteiger partial charge in [0.15, 0.2) is 0 Å². The van der Waals surface area contributed by atoms with Crippen molar-refractivity contribution >= 4 is 7.82 Å². The molecule has 15 heteroatoms. The molecular weight excluding hydrogens is 429 g/mol. The highest BCUT2D eigenvalue weighted by Crippen LogP contribution is 2.48. The number of halogens is 10. The Hall–Kier alpha value is -2.47. The van der Waals surface area contributed by atoms with E-state index in [1.165, 1.54) is 0 Å². The maximum Gasteiger partial charge on any atom is 0.585 e. The van der Waals surface area contributed by atoms with Crippen molar-refractivity contribution in [2.45, 2.75) is 0 Å². The smallest absolute Gasteiger partial charge is 0.389 e. The Morgan fingerprint density at radius 3 is 0.889 bits per heavy atom. The standard InChI is InChI=1S/C12HF10O4P/c13-1-3(15)7(19)11(8(20)4(1)16)25-27(23,24)26-12-9(21)5(17)2(14)6(18)10(12)22/h(H,23,24). The van der Waals surface area contributed by atoms with Gasteiger partial charge in [-0.3, -0.25) is 4.89 Å². The fraction of sp³-hybridized carbons (Fsp3) is 0. The third kappa shape index (κ3) is 3.54. The molecule has 0 amide bonds. The van der Waals surface area contributed by atoms with Crippen molar-refractivity contribution in [3.8, 4) is 11.5 Å². The van der Waals surface area contributed by atoms with Crippen LogP contribution < -0.4 is 9.05 Å². The lowest BCUT2D eigenvalue weighted by Crippen LogP contribution is -2.10. The second kappa shape index (κ2) is 6.93. The highest BCUT2D eigenvalue weighted by atomic mass is 31.2. The first kappa shape index (κ1) is 20.8. The van der Waals surface area contributed by atoms with Gasteiger partial charge in [0.2, 0.25) is 69.7 Å². The lowest BCUT2D eigenvalue weighted by Gasteiger charge is -2.16. The average Bonchev–Trinajstić information content (AvgIpc) is 2.62. The van der Waals surface area contributed by atoms with Crippen LogP contribution in [-0.4, -0.2) is 4.89 Å². The molecule has 0 bridgehead atoms. The summed E-state index contributed by atoms with van der Waals surface area (Å²) in [4.78, 5) is 9.19. The predicted octanol–water partition coefficient (Wildman–Crippen LogP) is 4.64. The van der Waals surface area contributed by atoms with Crippen LogP contribution in [0.25, 0.3) is 0 Å².